The minimum Gasteiger partial charge on any atom is -0.456 e. The van der Waals surface area contributed by atoms with E-state index in [0.29, 0.717) is 0 Å². The Morgan fingerprint density at radius 3 is 0.562 bits per heavy atom. The van der Waals surface area contributed by atoms with E-state index in [4.69, 9.17) is 17.7 Å². The maximum Gasteiger partial charge on any atom is 0.135 e. The minimum absolute atomic E-state index is 0.251. The molecule has 0 saturated heterocycles. The summed E-state index contributed by atoms with van der Waals surface area (Å²) in [5.74, 6) is 0. The van der Waals surface area contributed by atoms with Crippen LogP contribution in [0.2, 0.25) is 0 Å². The van der Waals surface area contributed by atoms with Gasteiger partial charge in [0, 0.05) is 88.0 Å². The molecule has 2 aliphatic carbocycles. The molecule has 4 aromatic heterocycles. The number of anilines is 6. The third-order valence-electron chi connectivity index (χ3n) is 30.3. The molecule has 0 amide bonds. The Kier molecular flexibility index (Phi) is 20.2. The first-order valence-electron chi connectivity index (χ1n) is 49.6. The molecular formula is C138H94N2O4. The Labute approximate surface area is 835 Å². The van der Waals surface area contributed by atoms with Crippen LogP contribution in [0.25, 0.3) is 221 Å². The smallest absolute Gasteiger partial charge is 0.135 e. The highest BCUT2D eigenvalue weighted by Gasteiger charge is 2.39. The van der Waals surface area contributed by atoms with Crippen LogP contribution >= 0.6 is 0 Å². The van der Waals surface area contributed by atoms with E-state index in [1.54, 1.807) is 0 Å². The van der Waals surface area contributed by atoms with E-state index < -0.39 is 0 Å². The number of para-hydroxylation sites is 4. The van der Waals surface area contributed by atoms with Crippen LogP contribution < -0.4 is 9.80 Å². The summed E-state index contributed by atoms with van der Waals surface area (Å²) in [7, 11) is 0. The summed E-state index contributed by atoms with van der Waals surface area (Å²) in [5, 5.41) is 9.13. The molecule has 0 radical (unpaired) electrons. The van der Waals surface area contributed by atoms with Gasteiger partial charge in [0.15, 0.2) is 0 Å². The molecule has 0 spiro atoms. The van der Waals surface area contributed by atoms with Crippen LogP contribution in [0.3, 0.4) is 0 Å². The van der Waals surface area contributed by atoms with Crippen molar-refractivity contribution in [1.82, 2.24) is 0 Å². The predicted molar refractivity (Wildman–Crippen MR) is 601 cm³/mol. The summed E-state index contributed by atoms with van der Waals surface area (Å²) in [6.07, 6.45) is 0. The van der Waals surface area contributed by atoms with Gasteiger partial charge in [0.2, 0.25) is 0 Å². The van der Waals surface area contributed by atoms with Gasteiger partial charge in [-0.2, -0.15) is 0 Å². The summed E-state index contributed by atoms with van der Waals surface area (Å²) < 4.78 is 24.6. The lowest BCUT2D eigenvalue weighted by Gasteiger charge is -2.30. The zero-order valence-electron chi connectivity index (χ0n) is 79.9. The molecule has 0 saturated carbocycles. The van der Waals surface area contributed by atoms with Gasteiger partial charge in [-0.05, 0) is 314 Å². The van der Waals surface area contributed by atoms with Crippen molar-refractivity contribution < 1.29 is 17.7 Å². The third kappa shape index (κ3) is 14.9. The Hall–Kier alpha value is -18.4. The summed E-state index contributed by atoms with van der Waals surface area (Å²) in [6.45, 7) is 9.55. The molecule has 22 aromatic carbocycles. The van der Waals surface area contributed by atoms with Crippen LogP contribution in [0, 0.1) is 0 Å². The number of hydrogen-bond acceptors (Lipinski definition) is 6. The largest absolute Gasteiger partial charge is 0.456 e. The average Bonchev–Trinajstić information content (AvgIpc) is 1.57. The van der Waals surface area contributed by atoms with Crippen LogP contribution in [0.15, 0.2) is 515 Å². The second-order valence-electron chi connectivity index (χ2n) is 39.4. The number of fused-ring (bicyclic) bond motifs is 18. The minimum atomic E-state index is -0.251. The molecule has 28 rings (SSSR count). The van der Waals surface area contributed by atoms with Gasteiger partial charge < -0.3 is 27.5 Å². The Morgan fingerprint density at radius 2 is 0.299 bits per heavy atom. The third-order valence-corrected chi connectivity index (χ3v) is 30.3. The maximum absolute atomic E-state index is 6.21. The molecule has 4 heterocycles. The normalized spacial score (nSPS) is 12.7. The lowest BCUT2D eigenvalue weighted by atomic mass is 9.81. The van der Waals surface area contributed by atoms with Crippen molar-refractivity contribution in [2.24, 2.45) is 0 Å². The van der Waals surface area contributed by atoms with E-state index in [9.17, 15) is 0 Å². The number of nitrogens with zero attached hydrogens (tertiary/aromatic N) is 2. The number of hydrogen-bond donors (Lipinski definition) is 0. The lowest BCUT2D eigenvalue weighted by molar-refractivity contribution is 0.660. The Morgan fingerprint density at radius 1 is 0.132 bits per heavy atom. The first-order chi connectivity index (χ1) is 70.8. The van der Waals surface area contributed by atoms with Crippen molar-refractivity contribution in [2.45, 2.75) is 38.5 Å². The van der Waals surface area contributed by atoms with Gasteiger partial charge in [-0.25, -0.2) is 0 Å². The molecule has 0 N–H and O–H groups in total. The van der Waals surface area contributed by atoms with Crippen LogP contribution in [-0.2, 0) is 10.8 Å². The van der Waals surface area contributed by atoms with Crippen molar-refractivity contribution >= 4 is 122 Å². The highest BCUT2D eigenvalue weighted by atomic mass is 16.3. The standard InChI is InChI=1S/C72H51NO2.C66H43NO2/c1-71(2)63-40-50(48-26-36-69-61(38-48)59-14-8-10-16-67(59)74-69)24-32-55(63)57-34-30-53(42-65(57)71)73(52-28-22-47(23-29-52)46-20-18-45(19-21-46)44-12-6-5-7-13-44)54-31-35-58-56-33-25-51(41-64(56)72(3,4)66(58)43-54)49-27-37-70-62(39-49)60-15-9-11-17-68(60)75-70;1-2-8-44(9-3-1)45-14-16-46(17-15-45)49-26-34-56(35-27-49)67(57-36-28-50(29-37-57)47-18-22-52(23-19-47)54-32-40-65-61(42-54)59-10-4-6-12-63(59)68-65)58-38-30-51(31-39-58)48-20-24-53(25-21-48)55-33-41-66-62(43-55)60-11-5-7-13-64(60)69-66/h5-43H,1-4H3;1-43H. The van der Waals surface area contributed by atoms with Gasteiger partial charge in [0.05, 0.1) is 0 Å². The van der Waals surface area contributed by atoms with E-state index in [1.807, 2.05) is 48.5 Å². The van der Waals surface area contributed by atoms with Crippen LogP contribution in [0.5, 0.6) is 0 Å². The zero-order chi connectivity index (χ0) is 95.8. The van der Waals surface area contributed by atoms with Crippen LogP contribution in [0.4, 0.5) is 34.1 Å². The van der Waals surface area contributed by atoms with Gasteiger partial charge in [0.1, 0.15) is 44.7 Å². The molecule has 6 nitrogen and oxygen atoms in total. The van der Waals surface area contributed by atoms with Crippen molar-refractivity contribution in [1.29, 1.82) is 0 Å². The quantitative estimate of drug-likeness (QED) is 0.0961. The maximum atomic E-state index is 6.21. The van der Waals surface area contributed by atoms with E-state index in [-0.39, 0.29) is 10.8 Å². The first-order valence-corrected chi connectivity index (χ1v) is 49.6. The molecule has 26 aromatic rings. The fourth-order valence-electron chi connectivity index (χ4n) is 22.5. The fourth-order valence-corrected chi connectivity index (χ4v) is 22.5. The molecule has 0 unspecified atom stereocenters. The molecule has 0 aliphatic heterocycles. The Balaban J connectivity index is 0.000000144. The molecular weight excluding hydrogens is 1750 g/mol. The molecule has 144 heavy (non-hydrogen) atoms. The topological polar surface area (TPSA) is 59.0 Å². The molecule has 2 aliphatic rings. The predicted octanol–water partition coefficient (Wildman–Crippen LogP) is 39.2. The summed E-state index contributed by atoms with van der Waals surface area (Å²) in [6, 6.07) is 180. The van der Waals surface area contributed by atoms with Gasteiger partial charge in [-0.3, -0.25) is 0 Å². The molecule has 680 valence electrons. The summed E-state index contributed by atoms with van der Waals surface area (Å²) in [5.41, 5.74) is 47.6. The van der Waals surface area contributed by atoms with Crippen LogP contribution in [-0.4, -0.2) is 0 Å². The summed E-state index contributed by atoms with van der Waals surface area (Å²) in [4.78, 5) is 4.81. The van der Waals surface area contributed by atoms with E-state index in [1.165, 1.54) is 145 Å². The van der Waals surface area contributed by atoms with E-state index >= 15 is 0 Å². The second kappa shape index (κ2) is 34.3. The van der Waals surface area contributed by atoms with Gasteiger partial charge in [-0.1, -0.05) is 367 Å². The Bertz CT molecular complexity index is 9070. The van der Waals surface area contributed by atoms with E-state index in [0.717, 1.165) is 133 Å². The monoisotopic (exact) mass is 1840 g/mol. The molecule has 0 atom stereocenters. The van der Waals surface area contributed by atoms with Crippen molar-refractivity contribution in [3.05, 3.63) is 520 Å². The van der Waals surface area contributed by atoms with Crippen LogP contribution in [0.1, 0.15) is 49.9 Å². The number of rotatable bonds is 16. The number of benzene rings is 22. The van der Waals surface area contributed by atoms with Gasteiger partial charge >= 0.3 is 0 Å². The van der Waals surface area contributed by atoms with Crippen molar-refractivity contribution in [2.75, 3.05) is 9.80 Å². The van der Waals surface area contributed by atoms with Gasteiger partial charge in [-0.15, -0.1) is 0 Å². The highest BCUT2D eigenvalue weighted by molar-refractivity contribution is 6.10. The average molecular weight is 1840 g/mol. The highest BCUT2D eigenvalue weighted by Crippen LogP contribution is 2.56. The molecule has 0 bridgehead atoms. The summed E-state index contributed by atoms with van der Waals surface area (Å²) >= 11 is 0. The van der Waals surface area contributed by atoms with E-state index in [2.05, 4.69) is 486 Å². The SMILES string of the molecule is CC1(C)c2cc(-c3ccc4oc5ccccc5c4c3)ccc2-c2ccc(N(c3ccc(-c4ccc(-c5ccccc5)cc4)cc3)c3ccc4c(c3)C(C)(C)c3cc(-c5ccc6oc7ccccc7c6c5)ccc3-4)cc21.c1ccc(-c2ccc(-c3ccc(N(c4ccc(-c5ccc(-c6ccc7oc8ccccc8c7c6)cc5)cc4)c4ccc(-c5ccc(-c6ccc7oc8ccccc8c7c6)cc5)cc4)cc3)cc2)cc1. The first kappa shape index (κ1) is 84.9. The zero-order valence-corrected chi connectivity index (χ0v) is 79.9. The second-order valence-corrected chi connectivity index (χ2v) is 39.4. The van der Waals surface area contributed by atoms with Crippen molar-refractivity contribution in [3.63, 3.8) is 0 Å². The lowest BCUT2D eigenvalue weighted by Crippen LogP contribution is -2.18. The fraction of sp³-hybridized carbons (Fsp3) is 0.0435. The van der Waals surface area contributed by atoms with Crippen molar-refractivity contribution in [3.8, 4) is 134 Å². The molecule has 6 heteroatoms. The van der Waals surface area contributed by atoms with Gasteiger partial charge in [0.25, 0.3) is 0 Å². The molecule has 0 fully saturated rings. The number of furan rings is 4.